The molecule has 0 spiro atoms. The van der Waals surface area contributed by atoms with E-state index in [2.05, 4.69) is 69.6 Å². The molecule has 1 aromatic carbocycles. The molecule has 188 valence electrons. The lowest BCUT2D eigenvalue weighted by atomic mass is 10.00. The third-order valence-electron chi connectivity index (χ3n) is 7.24. The molecule has 1 N–H and O–H groups in total. The SMILES string of the molecule is Cc1cccc(-c2cc(-c3cncc(-c4cccc(CN5CCN(C)CC5)c4)c3)cc(NC3CC3)n2)n1. The molecule has 37 heavy (non-hydrogen) atoms. The van der Waals surface area contributed by atoms with Crippen LogP contribution in [-0.2, 0) is 6.54 Å². The van der Waals surface area contributed by atoms with E-state index in [-0.39, 0.29) is 0 Å². The molecule has 1 aliphatic carbocycles. The van der Waals surface area contributed by atoms with Gasteiger partial charge in [-0.3, -0.25) is 14.9 Å². The molecule has 6 rings (SSSR count). The summed E-state index contributed by atoms with van der Waals surface area (Å²) in [6.45, 7) is 7.51. The van der Waals surface area contributed by atoms with E-state index >= 15 is 0 Å². The Morgan fingerprint density at radius 3 is 2.35 bits per heavy atom. The van der Waals surface area contributed by atoms with Crippen molar-refractivity contribution < 1.29 is 0 Å². The van der Waals surface area contributed by atoms with Gasteiger partial charge in [-0.1, -0.05) is 24.3 Å². The van der Waals surface area contributed by atoms with Crippen molar-refractivity contribution in [2.24, 2.45) is 0 Å². The number of aryl methyl sites for hydroxylation is 1. The first kappa shape index (κ1) is 23.8. The predicted molar refractivity (Wildman–Crippen MR) is 150 cm³/mol. The highest BCUT2D eigenvalue weighted by Gasteiger charge is 2.22. The fourth-order valence-corrected chi connectivity index (χ4v) is 4.89. The third kappa shape index (κ3) is 5.87. The van der Waals surface area contributed by atoms with Crippen molar-refractivity contribution in [2.45, 2.75) is 32.4 Å². The van der Waals surface area contributed by atoms with Crippen LogP contribution in [0.2, 0.25) is 0 Å². The Morgan fingerprint density at radius 1 is 0.784 bits per heavy atom. The molecule has 1 saturated heterocycles. The third-order valence-corrected chi connectivity index (χ3v) is 7.24. The molecule has 0 unspecified atom stereocenters. The summed E-state index contributed by atoms with van der Waals surface area (Å²) in [4.78, 5) is 19.2. The van der Waals surface area contributed by atoms with Gasteiger partial charge >= 0.3 is 0 Å². The molecule has 1 aliphatic heterocycles. The van der Waals surface area contributed by atoms with E-state index < -0.39 is 0 Å². The number of likely N-dealkylation sites (N-methyl/N-ethyl adjacent to an activating group) is 1. The van der Waals surface area contributed by atoms with E-state index in [1.807, 2.05) is 37.5 Å². The molecule has 0 amide bonds. The standard InChI is InChI=1S/C31H34N6/c1-22-5-3-8-29(33-22)30-17-25(18-31(35-30)34-28-9-10-28)27-16-26(19-32-20-27)24-7-4-6-23(15-24)21-37-13-11-36(2)12-14-37/h3-8,15-20,28H,9-14,21H2,1-2H3,(H,34,35). The van der Waals surface area contributed by atoms with Crippen molar-refractivity contribution in [1.82, 2.24) is 24.8 Å². The van der Waals surface area contributed by atoms with Gasteiger partial charge in [-0.05, 0) is 79.9 Å². The summed E-state index contributed by atoms with van der Waals surface area (Å²) in [7, 11) is 2.20. The van der Waals surface area contributed by atoms with Gasteiger partial charge in [0, 0.05) is 68.0 Å². The van der Waals surface area contributed by atoms with Crippen LogP contribution in [-0.4, -0.2) is 64.0 Å². The van der Waals surface area contributed by atoms with Crippen LogP contribution < -0.4 is 5.32 Å². The van der Waals surface area contributed by atoms with Crippen LogP contribution in [0.3, 0.4) is 0 Å². The van der Waals surface area contributed by atoms with Crippen molar-refractivity contribution in [3.63, 3.8) is 0 Å². The van der Waals surface area contributed by atoms with Gasteiger partial charge in [0.25, 0.3) is 0 Å². The number of pyridine rings is 3. The number of aromatic nitrogens is 3. The fraction of sp³-hybridized carbons (Fsp3) is 0.323. The van der Waals surface area contributed by atoms with Crippen molar-refractivity contribution in [3.05, 3.63) is 84.3 Å². The maximum atomic E-state index is 4.90. The van der Waals surface area contributed by atoms with Crippen LogP contribution in [0.15, 0.2) is 73.1 Å². The van der Waals surface area contributed by atoms with Gasteiger partial charge in [0.15, 0.2) is 0 Å². The van der Waals surface area contributed by atoms with Gasteiger partial charge in [0.05, 0.1) is 11.4 Å². The lowest BCUT2D eigenvalue weighted by molar-refractivity contribution is 0.148. The molecule has 4 heterocycles. The molecule has 6 nitrogen and oxygen atoms in total. The summed E-state index contributed by atoms with van der Waals surface area (Å²) < 4.78 is 0. The second kappa shape index (κ2) is 10.4. The Hall–Kier alpha value is -3.61. The predicted octanol–water partition coefficient (Wildman–Crippen LogP) is 5.50. The Kier molecular flexibility index (Phi) is 6.68. The van der Waals surface area contributed by atoms with Crippen LogP contribution in [0.25, 0.3) is 33.6 Å². The summed E-state index contributed by atoms with van der Waals surface area (Å²) in [5.41, 5.74) is 8.61. The molecular weight excluding hydrogens is 456 g/mol. The quantitative estimate of drug-likeness (QED) is 0.369. The first-order valence-corrected chi connectivity index (χ1v) is 13.3. The number of hydrogen-bond donors (Lipinski definition) is 1. The van der Waals surface area contributed by atoms with Crippen LogP contribution in [0, 0.1) is 6.92 Å². The van der Waals surface area contributed by atoms with Gasteiger partial charge in [0.2, 0.25) is 0 Å². The minimum atomic E-state index is 0.522. The van der Waals surface area contributed by atoms with Crippen LogP contribution in [0.5, 0.6) is 0 Å². The first-order valence-electron chi connectivity index (χ1n) is 13.3. The highest BCUT2D eigenvalue weighted by atomic mass is 15.2. The highest BCUT2D eigenvalue weighted by molar-refractivity contribution is 5.76. The van der Waals surface area contributed by atoms with Crippen molar-refractivity contribution in [1.29, 1.82) is 0 Å². The zero-order valence-electron chi connectivity index (χ0n) is 21.7. The number of nitrogens with zero attached hydrogens (tertiary/aromatic N) is 5. The largest absolute Gasteiger partial charge is 0.367 e. The number of rotatable bonds is 7. The summed E-state index contributed by atoms with van der Waals surface area (Å²) in [6, 6.07) is 22.0. The van der Waals surface area contributed by atoms with E-state index in [0.717, 1.165) is 72.3 Å². The summed E-state index contributed by atoms with van der Waals surface area (Å²) in [5, 5.41) is 3.58. The molecule has 0 bridgehead atoms. The van der Waals surface area contributed by atoms with Crippen LogP contribution in [0.1, 0.15) is 24.1 Å². The normalized spacial score (nSPS) is 16.6. The van der Waals surface area contributed by atoms with Gasteiger partial charge in [-0.25, -0.2) is 4.98 Å². The maximum absolute atomic E-state index is 4.90. The number of nitrogens with one attached hydrogen (secondary N) is 1. The van der Waals surface area contributed by atoms with E-state index in [0.29, 0.717) is 6.04 Å². The van der Waals surface area contributed by atoms with Gasteiger partial charge < -0.3 is 10.2 Å². The van der Waals surface area contributed by atoms with Crippen molar-refractivity contribution >= 4 is 5.82 Å². The Morgan fingerprint density at radius 2 is 1.57 bits per heavy atom. The second-order valence-corrected chi connectivity index (χ2v) is 10.5. The van der Waals surface area contributed by atoms with Crippen molar-refractivity contribution in [3.8, 4) is 33.6 Å². The lowest BCUT2D eigenvalue weighted by Gasteiger charge is -2.32. The number of anilines is 1. The number of piperazine rings is 1. The lowest BCUT2D eigenvalue weighted by Crippen LogP contribution is -2.43. The van der Waals surface area contributed by atoms with Crippen molar-refractivity contribution in [2.75, 3.05) is 38.5 Å². The fourth-order valence-electron chi connectivity index (χ4n) is 4.89. The minimum absolute atomic E-state index is 0.522. The summed E-state index contributed by atoms with van der Waals surface area (Å²) in [5.74, 6) is 0.901. The van der Waals surface area contributed by atoms with E-state index in [4.69, 9.17) is 9.97 Å². The molecular formula is C31H34N6. The summed E-state index contributed by atoms with van der Waals surface area (Å²) >= 11 is 0. The van der Waals surface area contributed by atoms with Crippen LogP contribution >= 0.6 is 0 Å². The van der Waals surface area contributed by atoms with Crippen LogP contribution in [0.4, 0.5) is 5.82 Å². The smallest absolute Gasteiger partial charge is 0.127 e. The molecule has 4 aromatic rings. The Labute approximate surface area is 219 Å². The monoisotopic (exact) mass is 490 g/mol. The average molecular weight is 491 g/mol. The second-order valence-electron chi connectivity index (χ2n) is 10.5. The summed E-state index contributed by atoms with van der Waals surface area (Å²) in [6.07, 6.45) is 6.31. The number of hydrogen-bond acceptors (Lipinski definition) is 6. The Balaban J connectivity index is 1.30. The topological polar surface area (TPSA) is 57.2 Å². The maximum Gasteiger partial charge on any atom is 0.127 e. The molecule has 6 heteroatoms. The Bertz CT molecular complexity index is 1390. The van der Waals surface area contributed by atoms with Gasteiger partial charge in [0.1, 0.15) is 5.82 Å². The van der Waals surface area contributed by atoms with Gasteiger partial charge in [-0.2, -0.15) is 0 Å². The molecule has 0 radical (unpaired) electrons. The molecule has 0 atom stereocenters. The van der Waals surface area contributed by atoms with E-state index in [9.17, 15) is 0 Å². The zero-order chi connectivity index (χ0) is 25.2. The molecule has 3 aromatic heterocycles. The minimum Gasteiger partial charge on any atom is -0.367 e. The molecule has 2 aliphatic rings. The number of benzene rings is 1. The molecule has 1 saturated carbocycles. The zero-order valence-corrected chi connectivity index (χ0v) is 21.7. The van der Waals surface area contributed by atoms with E-state index in [1.165, 1.54) is 24.0 Å². The van der Waals surface area contributed by atoms with Gasteiger partial charge in [-0.15, -0.1) is 0 Å². The van der Waals surface area contributed by atoms with E-state index in [1.54, 1.807) is 0 Å². The first-order chi connectivity index (χ1) is 18.1. The molecule has 2 fully saturated rings. The highest BCUT2D eigenvalue weighted by Crippen LogP contribution is 2.32. The average Bonchev–Trinajstić information content (AvgIpc) is 3.74.